The summed E-state index contributed by atoms with van der Waals surface area (Å²) in [6.45, 7) is 3.50. The molecule has 1 aliphatic heterocycles. The van der Waals surface area contributed by atoms with E-state index in [1.165, 1.54) is 11.1 Å². The first-order valence-electron chi connectivity index (χ1n) is 12.3. The molecule has 7 nitrogen and oxygen atoms in total. The number of rotatable bonds is 6. The third-order valence-corrected chi connectivity index (χ3v) is 7.40. The predicted octanol–water partition coefficient (Wildman–Crippen LogP) is 5.69. The molecule has 0 radical (unpaired) electrons. The molecule has 8 heteroatoms. The van der Waals surface area contributed by atoms with Crippen molar-refractivity contribution < 1.29 is 9.47 Å². The molecule has 6 rings (SSSR count). The van der Waals surface area contributed by atoms with Gasteiger partial charge in [0.05, 0.1) is 25.8 Å². The topological polar surface area (TPSA) is 66.5 Å². The lowest BCUT2D eigenvalue weighted by Gasteiger charge is -2.40. The Hall–Kier alpha value is -3.81. The Kier molecular flexibility index (Phi) is 6.32. The summed E-state index contributed by atoms with van der Waals surface area (Å²) < 4.78 is 11.0. The van der Waals surface area contributed by atoms with Crippen LogP contribution in [0.15, 0.2) is 73.1 Å². The molecule has 1 aliphatic rings. The Morgan fingerprint density at radius 1 is 0.838 bits per heavy atom. The number of aromatic nitrogens is 3. The van der Waals surface area contributed by atoms with Crippen molar-refractivity contribution in [3.8, 4) is 11.5 Å². The maximum Gasteiger partial charge on any atom is 0.162 e. The van der Waals surface area contributed by atoms with Crippen LogP contribution in [0.5, 0.6) is 11.5 Å². The summed E-state index contributed by atoms with van der Waals surface area (Å²) in [5.74, 6) is 2.28. The van der Waals surface area contributed by atoms with Gasteiger partial charge in [0.15, 0.2) is 17.3 Å². The Labute approximate surface area is 220 Å². The number of aromatic amines is 1. The Balaban J connectivity index is 1.30. The van der Waals surface area contributed by atoms with E-state index >= 15 is 0 Å². The van der Waals surface area contributed by atoms with Crippen molar-refractivity contribution in [2.24, 2.45) is 0 Å². The summed E-state index contributed by atoms with van der Waals surface area (Å²) in [5.41, 5.74) is 5.28. The van der Waals surface area contributed by atoms with Gasteiger partial charge in [-0.05, 0) is 29.3 Å². The van der Waals surface area contributed by atoms with Crippen LogP contribution in [-0.4, -0.2) is 60.3 Å². The first-order chi connectivity index (χ1) is 18.2. The summed E-state index contributed by atoms with van der Waals surface area (Å²) >= 11 is 6.20. The van der Waals surface area contributed by atoms with E-state index in [2.05, 4.69) is 62.2 Å². The minimum absolute atomic E-state index is 0.166. The monoisotopic (exact) mass is 513 g/mol. The lowest BCUT2D eigenvalue weighted by Crippen LogP contribution is -2.48. The molecule has 3 aromatic carbocycles. The summed E-state index contributed by atoms with van der Waals surface area (Å²) in [5, 5.41) is 1.74. The Bertz CT molecular complexity index is 1530. The van der Waals surface area contributed by atoms with E-state index in [-0.39, 0.29) is 6.04 Å². The second-order valence-corrected chi connectivity index (χ2v) is 9.62. The molecule has 3 heterocycles. The van der Waals surface area contributed by atoms with Gasteiger partial charge in [-0.3, -0.25) is 4.90 Å². The van der Waals surface area contributed by atoms with Crippen LogP contribution in [0.4, 0.5) is 5.82 Å². The van der Waals surface area contributed by atoms with Crippen LogP contribution in [-0.2, 0) is 0 Å². The number of halogens is 1. The van der Waals surface area contributed by atoms with Crippen molar-refractivity contribution in [3.63, 3.8) is 0 Å². The van der Waals surface area contributed by atoms with E-state index in [0.717, 1.165) is 59.0 Å². The molecule has 0 aliphatic carbocycles. The minimum atomic E-state index is 0.166. The third kappa shape index (κ3) is 4.34. The maximum absolute atomic E-state index is 6.20. The number of nitrogens with zero attached hydrogens (tertiary/aromatic N) is 4. The average Bonchev–Trinajstić information content (AvgIpc) is 3.32. The predicted molar refractivity (Wildman–Crippen MR) is 148 cm³/mol. The van der Waals surface area contributed by atoms with Crippen molar-refractivity contribution in [3.05, 3.63) is 89.2 Å². The minimum Gasteiger partial charge on any atom is -0.493 e. The van der Waals surface area contributed by atoms with Gasteiger partial charge >= 0.3 is 0 Å². The molecule has 5 aromatic rings. The smallest absolute Gasteiger partial charge is 0.162 e. The maximum atomic E-state index is 6.20. The molecule has 0 bridgehead atoms. The Morgan fingerprint density at radius 3 is 2.22 bits per heavy atom. The van der Waals surface area contributed by atoms with Crippen LogP contribution in [0.2, 0.25) is 5.02 Å². The highest BCUT2D eigenvalue weighted by Gasteiger charge is 2.28. The highest BCUT2D eigenvalue weighted by atomic mass is 35.5. The molecular weight excluding hydrogens is 486 g/mol. The average molecular weight is 514 g/mol. The van der Waals surface area contributed by atoms with Crippen LogP contribution in [0.3, 0.4) is 0 Å². The Morgan fingerprint density at radius 2 is 1.51 bits per heavy atom. The molecule has 37 heavy (non-hydrogen) atoms. The van der Waals surface area contributed by atoms with Crippen molar-refractivity contribution in [2.45, 2.75) is 6.04 Å². The highest BCUT2D eigenvalue weighted by molar-refractivity contribution is 6.30. The van der Waals surface area contributed by atoms with Crippen LogP contribution in [0.25, 0.3) is 21.9 Å². The molecule has 188 valence electrons. The van der Waals surface area contributed by atoms with Crippen LogP contribution in [0, 0.1) is 0 Å². The van der Waals surface area contributed by atoms with Crippen LogP contribution < -0.4 is 14.4 Å². The second-order valence-electron chi connectivity index (χ2n) is 9.19. The lowest BCUT2D eigenvalue weighted by atomic mass is 9.96. The number of anilines is 1. The van der Waals surface area contributed by atoms with E-state index in [1.807, 2.05) is 24.3 Å². The van der Waals surface area contributed by atoms with Gasteiger partial charge in [0.1, 0.15) is 17.4 Å². The van der Waals surface area contributed by atoms with Crippen LogP contribution in [0.1, 0.15) is 17.2 Å². The van der Waals surface area contributed by atoms with Gasteiger partial charge in [-0.15, -0.1) is 0 Å². The number of benzene rings is 3. The molecule has 2 aromatic heterocycles. The molecule has 0 amide bonds. The molecule has 0 saturated carbocycles. The summed E-state index contributed by atoms with van der Waals surface area (Å²) in [6, 6.07) is 23.0. The number of methoxy groups -OCH3 is 2. The van der Waals surface area contributed by atoms with Gasteiger partial charge in [0.2, 0.25) is 0 Å². The van der Waals surface area contributed by atoms with Crippen molar-refractivity contribution in [2.75, 3.05) is 45.3 Å². The second kappa shape index (κ2) is 9.92. The fourth-order valence-electron chi connectivity index (χ4n) is 5.33. The fraction of sp³-hybridized carbons (Fsp3) is 0.241. The number of nitrogens with one attached hydrogen (secondary N) is 1. The largest absolute Gasteiger partial charge is 0.493 e. The zero-order chi connectivity index (χ0) is 25.4. The number of hydrogen-bond acceptors (Lipinski definition) is 6. The first-order valence-corrected chi connectivity index (χ1v) is 12.7. The molecule has 1 N–H and O–H groups in total. The standard InChI is InChI=1S/C29H28ClN5O2/c1-36-24-16-22-23(17-25(24)37-2)33-27-26(22)31-18-32-29(27)35-14-12-34(13-15-35)28(19-6-4-3-5-7-19)20-8-10-21(30)11-9-20/h3-11,16-18,28,33H,12-15H2,1-2H3. The van der Waals surface area contributed by atoms with Gasteiger partial charge in [0, 0.05) is 42.7 Å². The molecular formula is C29H28ClN5O2. The first kappa shape index (κ1) is 23.6. The number of fused-ring (bicyclic) bond motifs is 3. The molecule has 1 unspecified atom stereocenters. The SMILES string of the molecule is COc1cc2[nH]c3c(N4CCN(C(c5ccccc5)c5ccc(Cl)cc5)CC4)ncnc3c2cc1OC. The quantitative estimate of drug-likeness (QED) is 0.314. The molecule has 0 spiro atoms. The number of ether oxygens (including phenoxy) is 2. The number of piperazine rings is 1. The van der Waals surface area contributed by atoms with E-state index in [4.69, 9.17) is 26.1 Å². The zero-order valence-electron chi connectivity index (χ0n) is 20.8. The third-order valence-electron chi connectivity index (χ3n) is 7.15. The fourth-order valence-corrected chi connectivity index (χ4v) is 5.46. The van der Waals surface area contributed by atoms with E-state index in [0.29, 0.717) is 11.5 Å². The van der Waals surface area contributed by atoms with Crippen LogP contribution >= 0.6 is 11.6 Å². The van der Waals surface area contributed by atoms with Gasteiger partial charge in [-0.1, -0.05) is 54.1 Å². The van der Waals surface area contributed by atoms with Crippen molar-refractivity contribution in [1.29, 1.82) is 0 Å². The molecule has 1 atom stereocenters. The zero-order valence-corrected chi connectivity index (χ0v) is 21.6. The highest BCUT2D eigenvalue weighted by Crippen LogP contribution is 2.37. The number of H-pyrrole nitrogens is 1. The van der Waals surface area contributed by atoms with E-state index < -0.39 is 0 Å². The van der Waals surface area contributed by atoms with Crippen molar-refractivity contribution in [1.82, 2.24) is 19.9 Å². The van der Waals surface area contributed by atoms with Gasteiger partial charge in [-0.25, -0.2) is 9.97 Å². The van der Waals surface area contributed by atoms with Gasteiger partial charge in [0.25, 0.3) is 0 Å². The summed E-state index contributed by atoms with van der Waals surface area (Å²) in [6.07, 6.45) is 1.65. The molecule has 1 fully saturated rings. The van der Waals surface area contributed by atoms with E-state index in [1.54, 1.807) is 20.5 Å². The van der Waals surface area contributed by atoms with E-state index in [9.17, 15) is 0 Å². The van der Waals surface area contributed by atoms with Gasteiger partial charge in [-0.2, -0.15) is 0 Å². The van der Waals surface area contributed by atoms with Gasteiger partial charge < -0.3 is 19.4 Å². The van der Waals surface area contributed by atoms with Crippen molar-refractivity contribution >= 4 is 39.4 Å². The summed E-state index contributed by atoms with van der Waals surface area (Å²) in [7, 11) is 3.29. The lowest BCUT2D eigenvalue weighted by molar-refractivity contribution is 0.212. The number of hydrogen-bond donors (Lipinski definition) is 1. The summed E-state index contributed by atoms with van der Waals surface area (Å²) in [4.78, 5) is 17.7. The normalized spacial score (nSPS) is 15.3. The molecule has 1 saturated heterocycles.